The number of anilines is 2. The molecular weight excluding hydrogens is 460 g/mol. The van der Waals surface area contributed by atoms with Crippen molar-refractivity contribution in [1.29, 1.82) is 0 Å². The molecule has 0 aromatic carbocycles. The van der Waals surface area contributed by atoms with Crippen molar-refractivity contribution in [3.8, 4) is 0 Å². The minimum absolute atomic E-state index is 0.0450. The quantitative estimate of drug-likeness (QED) is 0.231. The maximum Gasteiger partial charge on any atom is 0.323 e. The van der Waals surface area contributed by atoms with Gasteiger partial charge in [0.05, 0.1) is 25.1 Å². The molecule has 2 unspecified atom stereocenters. The summed E-state index contributed by atoms with van der Waals surface area (Å²) in [6.07, 6.45) is -2.39. The van der Waals surface area contributed by atoms with Gasteiger partial charge in [-0.1, -0.05) is 0 Å². The number of nitrogens with one attached hydrogen (secondary N) is 2. The number of alkyl halides is 1. The van der Waals surface area contributed by atoms with Crippen LogP contribution in [0.5, 0.6) is 0 Å². The number of ether oxygens (including phenoxy) is 2. The summed E-state index contributed by atoms with van der Waals surface area (Å²) < 4.78 is 43.4. The number of aromatic nitrogens is 4. The Bertz CT molecular complexity index is 960. The fraction of sp³-hybridized carbons (Fsp3) is 0.667. The van der Waals surface area contributed by atoms with Gasteiger partial charge in [0, 0.05) is 7.05 Å². The summed E-state index contributed by atoms with van der Waals surface area (Å²) in [4.78, 5) is 24.1. The second-order valence-corrected chi connectivity index (χ2v) is 8.63. The molecule has 0 aliphatic carbocycles. The molecule has 2 aromatic rings. The second-order valence-electron chi connectivity index (χ2n) is 7.48. The van der Waals surface area contributed by atoms with Gasteiger partial charge in [-0.15, -0.1) is 0 Å². The average Bonchev–Trinajstić information content (AvgIpc) is 3.16. The molecular formula is C18H31FN7O6P. The first-order valence-electron chi connectivity index (χ1n) is 10.3. The van der Waals surface area contributed by atoms with Crippen LogP contribution in [0, 0.1) is 0 Å². The number of carbonyl (C=O) groups is 1. The lowest BCUT2D eigenvalue weighted by molar-refractivity contribution is -0.149. The Hall–Kier alpha value is -2.38. The summed E-state index contributed by atoms with van der Waals surface area (Å²) in [5.74, 6) is -0.266. The Kier molecular flexibility index (Phi) is 9.92. The number of hydrogen-bond donors (Lipinski definition) is 4. The molecule has 5 N–H and O–H groups in total. The van der Waals surface area contributed by atoms with Gasteiger partial charge in [0.15, 0.2) is 23.2 Å². The van der Waals surface area contributed by atoms with E-state index in [0.717, 1.165) is 0 Å². The highest BCUT2D eigenvalue weighted by atomic mass is 31.1. The molecule has 15 heteroatoms. The molecule has 0 radical (unpaired) electrons. The van der Waals surface area contributed by atoms with Crippen molar-refractivity contribution >= 4 is 37.1 Å². The van der Waals surface area contributed by atoms with E-state index in [2.05, 4.69) is 25.4 Å². The fourth-order valence-electron chi connectivity index (χ4n) is 2.76. The Morgan fingerprint density at radius 1 is 1.33 bits per heavy atom. The first-order valence-corrected chi connectivity index (χ1v) is 11.6. The number of hydrogen-bond acceptors (Lipinski definition) is 11. The summed E-state index contributed by atoms with van der Waals surface area (Å²) in [5.41, 5.74) is 6.30. The molecule has 13 nitrogen and oxygen atoms in total. The lowest BCUT2D eigenvalue weighted by Crippen LogP contribution is -2.36. The third kappa shape index (κ3) is 7.30. The van der Waals surface area contributed by atoms with Crippen molar-refractivity contribution in [2.45, 2.75) is 58.3 Å². The van der Waals surface area contributed by atoms with Crippen LogP contribution in [-0.4, -0.2) is 75.3 Å². The number of aliphatic hydroxyl groups excluding tert-OH is 1. The van der Waals surface area contributed by atoms with Crippen LogP contribution < -0.4 is 16.1 Å². The van der Waals surface area contributed by atoms with Gasteiger partial charge in [-0.3, -0.25) is 13.9 Å². The first kappa shape index (κ1) is 26.9. The lowest BCUT2D eigenvalue weighted by Gasteiger charge is -2.26. The van der Waals surface area contributed by atoms with Crippen molar-refractivity contribution in [3.63, 3.8) is 0 Å². The summed E-state index contributed by atoms with van der Waals surface area (Å²) >= 11 is 0. The molecule has 0 saturated carbocycles. The van der Waals surface area contributed by atoms with Crippen LogP contribution in [-0.2, 0) is 23.4 Å². The maximum atomic E-state index is 13.9. The number of nitrogen functional groups attached to an aromatic ring is 1. The number of rotatable bonds is 13. The highest BCUT2D eigenvalue weighted by Crippen LogP contribution is 2.26. The SMILES string of the molecule is CNc1nc(N)nc2c1ncn2[C@@H](CF)OC(CO[PH](=O)N[C@@H](C)C(=O)OC(C)C)[C@H](C)O. The van der Waals surface area contributed by atoms with Crippen LogP contribution in [0.4, 0.5) is 16.2 Å². The van der Waals surface area contributed by atoms with Crippen molar-refractivity contribution in [3.05, 3.63) is 6.33 Å². The van der Waals surface area contributed by atoms with Crippen molar-refractivity contribution < 1.29 is 32.9 Å². The monoisotopic (exact) mass is 491 g/mol. The number of nitrogens with zero attached hydrogens (tertiary/aromatic N) is 4. The van der Waals surface area contributed by atoms with Crippen LogP contribution in [0.2, 0.25) is 0 Å². The molecule has 0 bridgehead atoms. The highest BCUT2D eigenvalue weighted by molar-refractivity contribution is 7.36. The van der Waals surface area contributed by atoms with E-state index in [0.29, 0.717) is 11.3 Å². The number of nitrogens with two attached hydrogens (primary N) is 1. The highest BCUT2D eigenvalue weighted by Gasteiger charge is 2.26. The molecule has 2 rings (SSSR count). The van der Waals surface area contributed by atoms with E-state index < -0.39 is 45.3 Å². The molecule has 0 amide bonds. The zero-order chi connectivity index (χ0) is 24.7. The van der Waals surface area contributed by atoms with Gasteiger partial charge < -0.3 is 30.2 Å². The van der Waals surface area contributed by atoms with Gasteiger partial charge in [0.1, 0.15) is 18.8 Å². The van der Waals surface area contributed by atoms with Crippen LogP contribution >= 0.6 is 8.18 Å². The van der Waals surface area contributed by atoms with E-state index in [4.69, 9.17) is 19.7 Å². The molecule has 33 heavy (non-hydrogen) atoms. The summed E-state index contributed by atoms with van der Waals surface area (Å²) in [5, 5.41) is 15.4. The third-order valence-electron chi connectivity index (χ3n) is 4.41. The number of esters is 1. The minimum atomic E-state index is -2.89. The van der Waals surface area contributed by atoms with Gasteiger partial charge >= 0.3 is 5.97 Å². The van der Waals surface area contributed by atoms with Crippen molar-refractivity contribution in [2.75, 3.05) is 31.4 Å². The largest absolute Gasteiger partial charge is 0.462 e. The normalized spacial score (nSPS) is 16.4. The standard InChI is InChI=1S/C18H31FN7O6P/c1-9(2)31-17(28)10(3)25-33(29)30-7-12(11(4)27)32-13(6-19)26-8-22-14-15(21-5)23-18(20)24-16(14)26/h8-13,27,33H,6-7H2,1-5H3,(H,25,29)(H3,20,21,23,24)/t10-,11-,12?,13+/m0/s1. The molecule has 5 atom stereocenters. The van der Waals surface area contributed by atoms with Crippen LogP contribution in [0.3, 0.4) is 0 Å². The number of aliphatic hydroxyl groups is 1. The van der Waals surface area contributed by atoms with Crippen molar-refractivity contribution in [1.82, 2.24) is 24.6 Å². The smallest absolute Gasteiger partial charge is 0.323 e. The summed E-state index contributed by atoms with van der Waals surface area (Å²) in [6.45, 7) is 4.96. The summed E-state index contributed by atoms with van der Waals surface area (Å²) in [6, 6.07) is -0.868. The number of halogens is 1. The van der Waals surface area contributed by atoms with Gasteiger partial charge in [0.25, 0.3) is 8.18 Å². The molecule has 2 heterocycles. The molecule has 0 fully saturated rings. The van der Waals surface area contributed by atoms with Gasteiger partial charge in [-0.25, -0.2) is 14.5 Å². The summed E-state index contributed by atoms with van der Waals surface area (Å²) in [7, 11) is -1.26. The van der Waals surface area contributed by atoms with E-state index >= 15 is 0 Å². The third-order valence-corrected chi connectivity index (χ3v) is 5.50. The molecule has 2 aromatic heterocycles. The van der Waals surface area contributed by atoms with Gasteiger partial charge in [-0.05, 0) is 27.7 Å². The molecule has 0 saturated heterocycles. The average molecular weight is 491 g/mol. The zero-order valence-electron chi connectivity index (χ0n) is 19.1. The second kappa shape index (κ2) is 12.2. The molecule has 186 valence electrons. The van der Waals surface area contributed by atoms with E-state index in [1.165, 1.54) is 24.7 Å². The van der Waals surface area contributed by atoms with Gasteiger partial charge in [-0.2, -0.15) is 9.97 Å². The van der Waals surface area contributed by atoms with E-state index in [1.54, 1.807) is 20.9 Å². The minimum Gasteiger partial charge on any atom is -0.462 e. The van der Waals surface area contributed by atoms with Crippen LogP contribution in [0.15, 0.2) is 6.33 Å². The Morgan fingerprint density at radius 2 is 2.03 bits per heavy atom. The van der Waals surface area contributed by atoms with E-state index in [-0.39, 0.29) is 24.3 Å². The fourth-order valence-corrected chi connectivity index (χ4v) is 3.63. The first-order chi connectivity index (χ1) is 15.6. The van der Waals surface area contributed by atoms with E-state index in [1.807, 2.05) is 0 Å². The van der Waals surface area contributed by atoms with Crippen LogP contribution in [0.25, 0.3) is 11.2 Å². The Labute approximate surface area is 191 Å². The molecule has 0 aliphatic heterocycles. The van der Waals surface area contributed by atoms with E-state index in [9.17, 15) is 18.9 Å². The predicted octanol–water partition coefficient (Wildman–Crippen LogP) is 1.02. The number of carbonyl (C=O) groups excluding carboxylic acids is 1. The van der Waals surface area contributed by atoms with Crippen molar-refractivity contribution in [2.24, 2.45) is 0 Å². The predicted molar refractivity (Wildman–Crippen MR) is 120 cm³/mol. The number of fused-ring (bicyclic) bond motifs is 1. The number of imidazole rings is 1. The molecule has 0 aliphatic rings. The van der Waals surface area contributed by atoms with Crippen LogP contribution in [0.1, 0.15) is 33.9 Å². The Balaban J connectivity index is 2.07. The van der Waals surface area contributed by atoms with Gasteiger partial charge in [0.2, 0.25) is 5.95 Å². The zero-order valence-corrected chi connectivity index (χ0v) is 20.1. The Morgan fingerprint density at radius 3 is 2.61 bits per heavy atom. The lowest BCUT2D eigenvalue weighted by atomic mass is 10.2. The topological polar surface area (TPSA) is 176 Å². The maximum absolute atomic E-state index is 13.9. The molecule has 0 spiro atoms.